The quantitative estimate of drug-likeness (QED) is 0.571. The molecule has 0 radical (unpaired) electrons. The Kier molecular flexibility index (Phi) is 4.40. The molecule has 3 aromatic rings. The first-order valence-electron chi connectivity index (χ1n) is 7.22. The summed E-state index contributed by atoms with van der Waals surface area (Å²) >= 11 is 6.00. The average molecular weight is 310 g/mol. The minimum absolute atomic E-state index is 0.621. The molecule has 0 aliphatic carbocycles. The molecule has 0 fully saturated rings. The molecule has 3 aromatic carbocycles. The zero-order chi connectivity index (χ0) is 15.4. The molecule has 2 nitrogen and oxygen atoms in total. The summed E-state index contributed by atoms with van der Waals surface area (Å²) in [6, 6.07) is 19.8. The van der Waals surface area contributed by atoms with Gasteiger partial charge in [-0.25, -0.2) is 0 Å². The van der Waals surface area contributed by atoms with Crippen molar-refractivity contribution >= 4 is 34.3 Å². The second kappa shape index (κ2) is 6.63. The standard InChI is InChI=1S/C19H16ClNO/c1-2-22-19-11-10-14-6-3-4-9-17(14)18(19)13-21-16-8-5-7-15(20)12-16/h3-13H,2H2,1H3/b21-13+. The monoisotopic (exact) mass is 309 g/mol. The summed E-state index contributed by atoms with van der Waals surface area (Å²) in [4.78, 5) is 4.54. The molecule has 0 atom stereocenters. The predicted octanol–water partition coefficient (Wildman–Crippen LogP) is 5.64. The van der Waals surface area contributed by atoms with Gasteiger partial charge in [-0.15, -0.1) is 0 Å². The third-order valence-corrected chi connectivity index (χ3v) is 3.62. The van der Waals surface area contributed by atoms with Gasteiger partial charge in [0.05, 0.1) is 12.3 Å². The van der Waals surface area contributed by atoms with Crippen molar-refractivity contribution in [2.75, 3.05) is 6.61 Å². The molecule has 22 heavy (non-hydrogen) atoms. The highest BCUT2D eigenvalue weighted by molar-refractivity contribution is 6.30. The van der Waals surface area contributed by atoms with Gasteiger partial charge in [0, 0.05) is 16.8 Å². The lowest BCUT2D eigenvalue weighted by atomic mass is 10.0. The molecular formula is C19H16ClNO. The number of benzene rings is 3. The molecular weight excluding hydrogens is 294 g/mol. The van der Waals surface area contributed by atoms with Gasteiger partial charge in [-0.2, -0.15) is 0 Å². The SMILES string of the molecule is CCOc1ccc2ccccc2c1/C=N/c1cccc(Cl)c1. The molecule has 0 aliphatic heterocycles. The van der Waals surface area contributed by atoms with Crippen molar-refractivity contribution in [1.82, 2.24) is 0 Å². The Hall–Kier alpha value is -2.32. The van der Waals surface area contributed by atoms with Gasteiger partial charge < -0.3 is 4.74 Å². The lowest BCUT2D eigenvalue weighted by molar-refractivity contribution is 0.340. The summed E-state index contributed by atoms with van der Waals surface area (Å²) in [5.41, 5.74) is 1.81. The number of hydrogen-bond acceptors (Lipinski definition) is 2. The number of hydrogen-bond donors (Lipinski definition) is 0. The predicted molar refractivity (Wildman–Crippen MR) is 93.8 cm³/mol. The first-order valence-corrected chi connectivity index (χ1v) is 7.60. The molecule has 0 heterocycles. The van der Waals surface area contributed by atoms with E-state index in [0.717, 1.165) is 22.4 Å². The Morgan fingerprint density at radius 2 is 1.91 bits per heavy atom. The maximum absolute atomic E-state index is 6.00. The maximum Gasteiger partial charge on any atom is 0.128 e. The minimum atomic E-state index is 0.621. The van der Waals surface area contributed by atoms with E-state index in [1.165, 1.54) is 5.39 Å². The van der Waals surface area contributed by atoms with Gasteiger partial charge in [0.15, 0.2) is 0 Å². The Balaban J connectivity index is 2.09. The van der Waals surface area contributed by atoms with Gasteiger partial charge in [-0.05, 0) is 42.0 Å². The molecule has 0 aromatic heterocycles. The second-order valence-corrected chi connectivity index (χ2v) is 5.31. The van der Waals surface area contributed by atoms with Crippen LogP contribution in [0.3, 0.4) is 0 Å². The van der Waals surface area contributed by atoms with E-state index in [0.29, 0.717) is 11.6 Å². The highest BCUT2D eigenvalue weighted by atomic mass is 35.5. The first kappa shape index (κ1) is 14.6. The smallest absolute Gasteiger partial charge is 0.128 e. The van der Waals surface area contributed by atoms with E-state index in [1.54, 1.807) is 0 Å². The minimum Gasteiger partial charge on any atom is -0.493 e. The van der Waals surface area contributed by atoms with Gasteiger partial charge in [0.1, 0.15) is 5.75 Å². The van der Waals surface area contributed by atoms with Crippen molar-refractivity contribution in [3.63, 3.8) is 0 Å². The van der Waals surface area contributed by atoms with Crippen LogP contribution < -0.4 is 4.74 Å². The summed E-state index contributed by atoms with van der Waals surface area (Å²) in [7, 11) is 0. The fraction of sp³-hybridized carbons (Fsp3) is 0.105. The van der Waals surface area contributed by atoms with Gasteiger partial charge >= 0.3 is 0 Å². The number of aliphatic imine (C=N–C) groups is 1. The topological polar surface area (TPSA) is 21.6 Å². The van der Waals surface area contributed by atoms with Crippen LogP contribution in [-0.4, -0.2) is 12.8 Å². The Morgan fingerprint density at radius 3 is 2.73 bits per heavy atom. The van der Waals surface area contributed by atoms with E-state index < -0.39 is 0 Å². The van der Waals surface area contributed by atoms with Crippen LogP contribution in [0.4, 0.5) is 5.69 Å². The third-order valence-electron chi connectivity index (χ3n) is 3.38. The number of fused-ring (bicyclic) bond motifs is 1. The zero-order valence-corrected chi connectivity index (χ0v) is 13.0. The van der Waals surface area contributed by atoms with E-state index in [2.05, 4.69) is 23.2 Å². The largest absolute Gasteiger partial charge is 0.493 e. The van der Waals surface area contributed by atoms with E-state index in [-0.39, 0.29) is 0 Å². The normalized spacial score (nSPS) is 11.2. The van der Waals surface area contributed by atoms with Crippen molar-refractivity contribution < 1.29 is 4.74 Å². The molecule has 0 aliphatic rings. The second-order valence-electron chi connectivity index (χ2n) is 4.87. The summed E-state index contributed by atoms with van der Waals surface area (Å²) < 4.78 is 5.74. The van der Waals surface area contributed by atoms with Crippen molar-refractivity contribution in [2.45, 2.75) is 6.92 Å². The number of nitrogens with zero attached hydrogens (tertiary/aromatic N) is 1. The molecule has 0 unspecified atom stereocenters. The molecule has 3 heteroatoms. The van der Waals surface area contributed by atoms with Crippen LogP contribution in [0.25, 0.3) is 10.8 Å². The molecule has 0 saturated carbocycles. The van der Waals surface area contributed by atoms with Crippen molar-refractivity contribution in [2.24, 2.45) is 4.99 Å². The van der Waals surface area contributed by atoms with Gasteiger partial charge in [-0.1, -0.05) is 48.0 Å². The highest BCUT2D eigenvalue weighted by Crippen LogP contribution is 2.27. The van der Waals surface area contributed by atoms with Crippen LogP contribution in [0.5, 0.6) is 5.75 Å². The van der Waals surface area contributed by atoms with Crippen LogP contribution >= 0.6 is 11.6 Å². The third kappa shape index (κ3) is 3.12. The lowest BCUT2D eigenvalue weighted by Crippen LogP contribution is -1.97. The van der Waals surface area contributed by atoms with Crippen LogP contribution in [0.1, 0.15) is 12.5 Å². The van der Waals surface area contributed by atoms with Crippen molar-refractivity contribution in [3.8, 4) is 5.75 Å². The van der Waals surface area contributed by atoms with E-state index in [4.69, 9.17) is 16.3 Å². The summed E-state index contributed by atoms with van der Waals surface area (Å²) in [6.07, 6.45) is 1.85. The molecule has 0 saturated heterocycles. The Morgan fingerprint density at radius 1 is 1.05 bits per heavy atom. The molecule has 0 N–H and O–H groups in total. The Bertz CT molecular complexity index is 827. The molecule has 3 rings (SSSR count). The lowest BCUT2D eigenvalue weighted by Gasteiger charge is -2.10. The van der Waals surface area contributed by atoms with Crippen LogP contribution in [-0.2, 0) is 0 Å². The van der Waals surface area contributed by atoms with Gasteiger partial charge in [0.2, 0.25) is 0 Å². The Labute approximate surface area is 135 Å². The summed E-state index contributed by atoms with van der Waals surface area (Å²) in [6.45, 7) is 2.60. The number of ether oxygens (including phenoxy) is 1. The fourth-order valence-electron chi connectivity index (χ4n) is 2.39. The number of halogens is 1. The van der Waals surface area contributed by atoms with Crippen LogP contribution in [0, 0.1) is 0 Å². The summed E-state index contributed by atoms with van der Waals surface area (Å²) in [5, 5.41) is 2.97. The highest BCUT2D eigenvalue weighted by Gasteiger charge is 2.06. The zero-order valence-electron chi connectivity index (χ0n) is 12.3. The van der Waals surface area contributed by atoms with Crippen molar-refractivity contribution in [1.29, 1.82) is 0 Å². The first-order chi connectivity index (χ1) is 10.8. The van der Waals surface area contributed by atoms with Crippen LogP contribution in [0.15, 0.2) is 65.7 Å². The van der Waals surface area contributed by atoms with Crippen LogP contribution in [0.2, 0.25) is 5.02 Å². The summed E-state index contributed by atoms with van der Waals surface area (Å²) in [5.74, 6) is 0.840. The maximum atomic E-state index is 6.00. The van der Waals surface area contributed by atoms with E-state index in [1.807, 2.05) is 55.6 Å². The van der Waals surface area contributed by atoms with E-state index in [9.17, 15) is 0 Å². The molecule has 0 spiro atoms. The molecule has 0 bridgehead atoms. The van der Waals surface area contributed by atoms with Gasteiger partial charge in [0.25, 0.3) is 0 Å². The van der Waals surface area contributed by atoms with Crippen molar-refractivity contribution in [3.05, 3.63) is 71.2 Å². The van der Waals surface area contributed by atoms with E-state index >= 15 is 0 Å². The average Bonchev–Trinajstić information content (AvgIpc) is 2.54. The molecule has 110 valence electrons. The number of rotatable bonds is 4. The fourth-order valence-corrected chi connectivity index (χ4v) is 2.57. The van der Waals surface area contributed by atoms with Gasteiger partial charge in [-0.3, -0.25) is 4.99 Å². The molecule has 0 amide bonds.